The Balaban J connectivity index is 2.41. The molecule has 0 N–H and O–H groups in total. The van der Waals surface area contributed by atoms with Gasteiger partial charge in [-0.1, -0.05) is 0 Å². The highest BCUT2D eigenvalue weighted by atomic mass is 79.9. The zero-order chi connectivity index (χ0) is 9.90. The van der Waals surface area contributed by atoms with Crippen molar-refractivity contribution in [3.05, 3.63) is 20.8 Å². The van der Waals surface area contributed by atoms with E-state index in [0.29, 0.717) is 6.42 Å². The zero-order valence-corrected chi connectivity index (χ0v) is 10.2. The maximum absolute atomic E-state index is 10.6. The summed E-state index contributed by atoms with van der Waals surface area (Å²) in [6.07, 6.45) is 1.66. The molecule has 1 rings (SSSR count). The lowest BCUT2D eigenvalue weighted by Gasteiger charge is -1.99. The van der Waals surface area contributed by atoms with Gasteiger partial charge in [0.15, 0.2) is 0 Å². The molecule has 0 amide bonds. The van der Waals surface area contributed by atoms with E-state index in [-0.39, 0.29) is 6.61 Å². The molecule has 0 atom stereocenters. The van der Waals surface area contributed by atoms with E-state index >= 15 is 0 Å². The fraction of sp³-hybridized carbons (Fsp3) is 0.429. The molecule has 0 radical (unpaired) electrons. The van der Waals surface area contributed by atoms with Crippen LogP contribution in [-0.4, -0.2) is 21.3 Å². The van der Waals surface area contributed by atoms with E-state index in [1.165, 1.54) is 0 Å². The van der Waals surface area contributed by atoms with Gasteiger partial charge in [-0.3, -0.25) is 4.18 Å². The molecule has 0 bridgehead atoms. The Kier molecular flexibility index (Phi) is 3.90. The molecule has 0 aliphatic rings. The summed E-state index contributed by atoms with van der Waals surface area (Å²) >= 11 is 4.93. The maximum atomic E-state index is 10.6. The molecule has 1 aromatic heterocycles. The third-order valence-corrected chi connectivity index (χ3v) is 3.77. The van der Waals surface area contributed by atoms with Crippen molar-refractivity contribution in [1.29, 1.82) is 0 Å². The first-order chi connectivity index (χ1) is 5.99. The minimum atomic E-state index is -3.30. The van der Waals surface area contributed by atoms with Crippen LogP contribution < -0.4 is 0 Å². The third-order valence-electron chi connectivity index (χ3n) is 1.36. The highest BCUT2D eigenvalue weighted by molar-refractivity contribution is 9.11. The monoisotopic (exact) mass is 284 g/mol. The molecule has 13 heavy (non-hydrogen) atoms. The molecule has 0 aliphatic heterocycles. The standard InChI is InChI=1S/C7H9BrO3S2/c1-13(9,10)11-4-2-6-3-5-12-7(6)8/h3,5H,2,4H2,1H3. The molecule has 0 saturated carbocycles. The van der Waals surface area contributed by atoms with Gasteiger partial charge in [0.1, 0.15) is 0 Å². The number of hydrogen-bond donors (Lipinski definition) is 0. The van der Waals surface area contributed by atoms with E-state index in [4.69, 9.17) is 0 Å². The van der Waals surface area contributed by atoms with Gasteiger partial charge in [0, 0.05) is 0 Å². The number of halogens is 1. The predicted octanol–water partition coefficient (Wildman–Crippen LogP) is 2.03. The van der Waals surface area contributed by atoms with Crippen LogP contribution in [0.1, 0.15) is 5.56 Å². The van der Waals surface area contributed by atoms with Gasteiger partial charge in [-0.15, -0.1) is 11.3 Å². The largest absolute Gasteiger partial charge is 0.270 e. The van der Waals surface area contributed by atoms with Crippen LogP contribution in [0.3, 0.4) is 0 Å². The van der Waals surface area contributed by atoms with Gasteiger partial charge in [-0.05, 0) is 39.4 Å². The lowest BCUT2D eigenvalue weighted by atomic mass is 10.3. The fourth-order valence-electron chi connectivity index (χ4n) is 0.802. The van der Waals surface area contributed by atoms with Crippen molar-refractivity contribution in [2.75, 3.05) is 12.9 Å². The molecular weight excluding hydrogens is 276 g/mol. The molecule has 0 saturated heterocycles. The van der Waals surface area contributed by atoms with Crippen molar-refractivity contribution < 1.29 is 12.6 Å². The van der Waals surface area contributed by atoms with Crippen LogP contribution in [0.15, 0.2) is 15.2 Å². The lowest BCUT2D eigenvalue weighted by molar-refractivity contribution is 0.326. The first-order valence-electron chi connectivity index (χ1n) is 3.55. The van der Waals surface area contributed by atoms with Gasteiger partial charge in [0.05, 0.1) is 16.6 Å². The summed E-state index contributed by atoms with van der Waals surface area (Å²) in [5.41, 5.74) is 1.08. The summed E-state index contributed by atoms with van der Waals surface area (Å²) in [7, 11) is -3.30. The Morgan fingerprint density at radius 2 is 2.31 bits per heavy atom. The summed E-state index contributed by atoms with van der Waals surface area (Å²) in [4.78, 5) is 0. The Hall–Kier alpha value is 0.0900. The van der Waals surface area contributed by atoms with Crippen molar-refractivity contribution in [1.82, 2.24) is 0 Å². The second kappa shape index (κ2) is 4.54. The number of thiophene rings is 1. The normalized spacial score (nSPS) is 11.8. The van der Waals surface area contributed by atoms with Crippen molar-refractivity contribution in [3.63, 3.8) is 0 Å². The molecule has 3 nitrogen and oxygen atoms in total. The average Bonchev–Trinajstić information content (AvgIpc) is 2.34. The first-order valence-corrected chi connectivity index (χ1v) is 7.04. The summed E-state index contributed by atoms with van der Waals surface area (Å²) in [5.74, 6) is 0. The van der Waals surface area contributed by atoms with Gasteiger partial charge in [-0.2, -0.15) is 8.42 Å². The highest BCUT2D eigenvalue weighted by Crippen LogP contribution is 2.23. The Morgan fingerprint density at radius 1 is 1.62 bits per heavy atom. The first kappa shape index (κ1) is 11.2. The molecule has 1 heterocycles. The molecule has 74 valence electrons. The van der Waals surface area contributed by atoms with Gasteiger partial charge >= 0.3 is 0 Å². The van der Waals surface area contributed by atoms with Gasteiger partial charge < -0.3 is 0 Å². The van der Waals surface area contributed by atoms with Crippen LogP contribution in [0.25, 0.3) is 0 Å². The lowest BCUT2D eigenvalue weighted by Crippen LogP contribution is -2.05. The average molecular weight is 285 g/mol. The Labute approximate surface area is 90.0 Å². The smallest absolute Gasteiger partial charge is 0.264 e. The van der Waals surface area contributed by atoms with Crippen LogP contribution in [0, 0.1) is 0 Å². The van der Waals surface area contributed by atoms with Crippen molar-refractivity contribution in [2.45, 2.75) is 6.42 Å². The van der Waals surface area contributed by atoms with E-state index in [0.717, 1.165) is 15.6 Å². The highest BCUT2D eigenvalue weighted by Gasteiger charge is 2.04. The molecule has 6 heteroatoms. The number of hydrogen-bond acceptors (Lipinski definition) is 4. The fourth-order valence-corrected chi connectivity index (χ4v) is 2.52. The van der Waals surface area contributed by atoms with Crippen LogP contribution in [0.4, 0.5) is 0 Å². The molecule has 1 aromatic rings. The van der Waals surface area contributed by atoms with Crippen molar-refractivity contribution in [2.24, 2.45) is 0 Å². The Bertz CT molecular complexity index is 369. The summed E-state index contributed by atoms with van der Waals surface area (Å²) in [6.45, 7) is 0.203. The molecule has 0 unspecified atom stereocenters. The van der Waals surface area contributed by atoms with Gasteiger partial charge in [-0.25, -0.2) is 0 Å². The molecule has 0 aromatic carbocycles. The predicted molar refractivity (Wildman–Crippen MR) is 56.5 cm³/mol. The van der Waals surface area contributed by atoms with E-state index in [2.05, 4.69) is 20.1 Å². The Morgan fingerprint density at radius 3 is 2.77 bits per heavy atom. The SMILES string of the molecule is CS(=O)(=O)OCCc1ccsc1Br. The molecule has 0 spiro atoms. The van der Waals surface area contributed by atoms with E-state index in [1.807, 2.05) is 11.4 Å². The van der Waals surface area contributed by atoms with Crippen LogP contribution in [-0.2, 0) is 20.7 Å². The molecule has 0 fully saturated rings. The van der Waals surface area contributed by atoms with Crippen LogP contribution in [0.5, 0.6) is 0 Å². The maximum Gasteiger partial charge on any atom is 0.264 e. The summed E-state index contributed by atoms with van der Waals surface area (Å²) < 4.78 is 26.9. The van der Waals surface area contributed by atoms with E-state index < -0.39 is 10.1 Å². The summed E-state index contributed by atoms with van der Waals surface area (Å²) in [6, 6.07) is 1.94. The topological polar surface area (TPSA) is 43.4 Å². The number of rotatable bonds is 4. The molecule has 0 aliphatic carbocycles. The molecular formula is C7H9BrO3S2. The van der Waals surface area contributed by atoms with E-state index in [9.17, 15) is 8.42 Å². The zero-order valence-electron chi connectivity index (χ0n) is 6.99. The minimum Gasteiger partial charge on any atom is -0.270 e. The van der Waals surface area contributed by atoms with Crippen LogP contribution >= 0.6 is 27.3 Å². The quantitative estimate of drug-likeness (QED) is 0.795. The van der Waals surface area contributed by atoms with Crippen molar-refractivity contribution in [3.8, 4) is 0 Å². The van der Waals surface area contributed by atoms with Crippen LogP contribution in [0.2, 0.25) is 0 Å². The van der Waals surface area contributed by atoms with Gasteiger partial charge in [0.25, 0.3) is 10.1 Å². The summed E-state index contributed by atoms with van der Waals surface area (Å²) in [5, 5.41) is 1.94. The second-order valence-corrected chi connectivity index (χ2v) is 6.37. The van der Waals surface area contributed by atoms with Gasteiger partial charge in [0.2, 0.25) is 0 Å². The third kappa shape index (κ3) is 4.21. The van der Waals surface area contributed by atoms with E-state index in [1.54, 1.807) is 11.3 Å². The second-order valence-electron chi connectivity index (χ2n) is 2.50. The minimum absolute atomic E-state index is 0.203. The van der Waals surface area contributed by atoms with Crippen molar-refractivity contribution >= 4 is 37.4 Å².